The van der Waals surface area contributed by atoms with E-state index in [2.05, 4.69) is 0 Å². The largest absolute Gasteiger partial charge is 3.00 e. The fourth-order valence-electron chi connectivity index (χ4n) is 0. The quantitative estimate of drug-likeness (QED) is 0.168. The molecule has 0 nitrogen and oxygen atoms in total. The van der Waals surface area contributed by atoms with Crippen LogP contribution in [0.1, 0.15) is 0 Å². The average Bonchev–Trinajstić information content (AvgIpc) is 0. The molecule has 0 radical (unpaired) electrons. The Kier molecular flexibility index (Phi) is 300. The fraction of sp³-hybridized carbons (Fsp3) is 0. The second-order valence-electron chi connectivity index (χ2n) is 0. The van der Waals surface area contributed by atoms with Crippen LogP contribution >= 0.6 is 0 Å². The number of hydrogen-bond acceptors (Lipinski definition) is 0. The Balaban J connectivity index is 0. The van der Waals surface area contributed by atoms with E-state index in [1.165, 1.54) is 0 Å². The zero-order valence-corrected chi connectivity index (χ0v) is 20.7. The topological polar surface area (TPSA) is 0 Å². The molecule has 0 heterocycles. The molecule has 0 aliphatic rings. The van der Waals surface area contributed by atoms with Crippen LogP contribution < -0.4 is 120 Å². The van der Waals surface area contributed by atoms with E-state index in [1.807, 2.05) is 0 Å². The minimum Gasteiger partial charge on any atom is -1.00 e. The predicted octanol–water partition coefficient (Wildman–Crippen LogP) is -15.7. The molecule has 7 heteroatoms. The molecule has 0 aromatic heterocycles. The Hall–Kier alpha value is 6.00. The van der Waals surface area contributed by atoms with Crippen molar-refractivity contribution >= 4 is 71.3 Å². The molecule has 0 saturated heterocycles. The summed E-state index contributed by atoms with van der Waals surface area (Å²) in [4.78, 5) is 0. The standard InChI is InChI=1S/5HI.In.Sr/h5*1H;;/q;;;;;+3;+2/p-5. The zero-order valence-electron chi connectivity index (χ0n) is 3.17. The summed E-state index contributed by atoms with van der Waals surface area (Å²) < 4.78 is 0. The molecule has 0 atom stereocenters. The summed E-state index contributed by atoms with van der Waals surface area (Å²) in [7, 11) is 0. The van der Waals surface area contributed by atoms with Gasteiger partial charge >= 0.3 is 71.3 Å². The smallest absolute Gasteiger partial charge is 1.00 e. The predicted molar refractivity (Wildman–Crippen MR) is 11.5 cm³/mol. The molecule has 0 amide bonds. The van der Waals surface area contributed by atoms with Gasteiger partial charge in [-0.2, -0.15) is 0 Å². The molecular weight excluding hydrogens is 837 g/mol. The maximum atomic E-state index is 0. The van der Waals surface area contributed by atoms with Crippen LogP contribution in [0.2, 0.25) is 0 Å². The van der Waals surface area contributed by atoms with Crippen LogP contribution in [0.5, 0.6) is 0 Å². The van der Waals surface area contributed by atoms with Gasteiger partial charge in [0, 0.05) is 0 Å². The molecule has 0 saturated carbocycles. The van der Waals surface area contributed by atoms with Crippen LogP contribution in [0.3, 0.4) is 0 Å². The molecule has 0 rings (SSSR count). The molecule has 0 aromatic rings. The minimum absolute atomic E-state index is 0. The van der Waals surface area contributed by atoms with Gasteiger partial charge in [-0.15, -0.1) is 0 Å². The summed E-state index contributed by atoms with van der Waals surface area (Å²) in [5, 5.41) is 0. The summed E-state index contributed by atoms with van der Waals surface area (Å²) in [6.45, 7) is 0. The van der Waals surface area contributed by atoms with Gasteiger partial charge in [0.1, 0.15) is 0 Å². The van der Waals surface area contributed by atoms with Crippen molar-refractivity contribution in [2.45, 2.75) is 0 Å². The van der Waals surface area contributed by atoms with Gasteiger partial charge in [-0.25, -0.2) is 0 Å². The van der Waals surface area contributed by atoms with Crippen molar-refractivity contribution in [2.24, 2.45) is 0 Å². The Morgan fingerprint density at radius 1 is 0.429 bits per heavy atom. The normalized spacial score (nSPS) is 0. The molecule has 0 spiro atoms. The van der Waals surface area contributed by atoms with Crippen LogP contribution in [0.25, 0.3) is 0 Å². The molecule has 0 aromatic carbocycles. The maximum Gasteiger partial charge on any atom is 3.00 e. The van der Waals surface area contributed by atoms with Crippen LogP contribution in [-0.4, -0.2) is 71.3 Å². The Morgan fingerprint density at radius 3 is 0.429 bits per heavy atom. The van der Waals surface area contributed by atoms with Crippen LogP contribution in [0.4, 0.5) is 0 Å². The van der Waals surface area contributed by atoms with E-state index in [4.69, 9.17) is 0 Å². The Labute approximate surface area is 185 Å². The minimum atomic E-state index is 0. The van der Waals surface area contributed by atoms with E-state index in [1.54, 1.807) is 0 Å². The summed E-state index contributed by atoms with van der Waals surface area (Å²) >= 11 is 0. The van der Waals surface area contributed by atoms with E-state index < -0.39 is 0 Å². The first-order chi connectivity index (χ1) is 0. The monoisotopic (exact) mass is 837 g/mol. The number of halogens is 5. The van der Waals surface area contributed by atoms with Gasteiger partial charge in [0.2, 0.25) is 0 Å². The third-order valence-corrected chi connectivity index (χ3v) is 0. The molecule has 40 valence electrons. The second kappa shape index (κ2) is 40.3. The number of rotatable bonds is 0. The molecular formula is I5InSr. The third kappa shape index (κ3) is 33.3. The first kappa shape index (κ1) is 52.0. The van der Waals surface area contributed by atoms with Crippen molar-refractivity contribution in [2.75, 3.05) is 0 Å². The number of hydrogen-bond donors (Lipinski definition) is 0. The summed E-state index contributed by atoms with van der Waals surface area (Å²) in [6, 6.07) is 0. The summed E-state index contributed by atoms with van der Waals surface area (Å²) in [5.74, 6) is 0. The van der Waals surface area contributed by atoms with Gasteiger partial charge in [-0.3, -0.25) is 0 Å². The Bertz CT molecular complexity index is 8.04. The van der Waals surface area contributed by atoms with E-state index in [9.17, 15) is 0 Å². The first-order valence-corrected chi connectivity index (χ1v) is 0. The molecule has 0 unspecified atom stereocenters. The molecule has 0 aliphatic heterocycles. The average molecular weight is 837 g/mol. The van der Waals surface area contributed by atoms with Crippen molar-refractivity contribution in [1.82, 2.24) is 0 Å². The van der Waals surface area contributed by atoms with Gasteiger partial charge < -0.3 is 120 Å². The van der Waals surface area contributed by atoms with Gasteiger partial charge in [-0.1, -0.05) is 0 Å². The third-order valence-electron chi connectivity index (χ3n) is 0. The maximum absolute atomic E-state index is 0. The van der Waals surface area contributed by atoms with Crippen LogP contribution in [0.15, 0.2) is 0 Å². The first-order valence-electron chi connectivity index (χ1n) is 0. The van der Waals surface area contributed by atoms with Crippen molar-refractivity contribution in [1.29, 1.82) is 0 Å². The van der Waals surface area contributed by atoms with Gasteiger partial charge in [0.15, 0.2) is 0 Å². The second-order valence-corrected chi connectivity index (χ2v) is 0. The van der Waals surface area contributed by atoms with Crippen molar-refractivity contribution in [3.05, 3.63) is 0 Å². The van der Waals surface area contributed by atoms with E-state index in [0.717, 1.165) is 0 Å². The summed E-state index contributed by atoms with van der Waals surface area (Å²) in [5.41, 5.74) is 0. The van der Waals surface area contributed by atoms with E-state index >= 15 is 0 Å². The van der Waals surface area contributed by atoms with Crippen molar-refractivity contribution < 1.29 is 120 Å². The zero-order chi connectivity index (χ0) is 0. The fourth-order valence-corrected chi connectivity index (χ4v) is 0. The Morgan fingerprint density at radius 2 is 0.429 bits per heavy atom. The molecule has 0 aliphatic carbocycles. The van der Waals surface area contributed by atoms with Crippen molar-refractivity contribution in [3.63, 3.8) is 0 Å². The van der Waals surface area contributed by atoms with Gasteiger partial charge in [0.05, 0.1) is 0 Å². The summed E-state index contributed by atoms with van der Waals surface area (Å²) in [6.07, 6.45) is 0. The SMILES string of the molecule is [I-].[I-].[I-].[I-].[I-].[In+3].[Sr+2]. The van der Waals surface area contributed by atoms with E-state index in [0.29, 0.717) is 0 Å². The van der Waals surface area contributed by atoms with Crippen molar-refractivity contribution in [3.8, 4) is 0 Å². The molecule has 0 fully saturated rings. The molecule has 0 bridgehead atoms. The molecule has 0 N–H and O–H groups in total. The van der Waals surface area contributed by atoms with Gasteiger partial charge in [0.25, 0.3) is 0 Å². The van der Waals surface area contributed by atoms with Gasteiger partial charge in [-0.05, 0) is 0 Å². The van der Waals surface area contributed by atoms with Crippen LogP contribution in [-0.2, 0) is 0 Å². The van der Waals surface area contributed by atoms with Crippen LogP contribution in [0, 0.1) is 0 Å². The molecule has 7 heavy (non-hydrogen) atoms. The van der Waals surface area contributed by atoms with E-state index in [-0.39, 0.29) is 191 Å².